The van der Waals surface area contributed by atoms with Crippen LogP contribution in [0.2, 0.25) is 0 Å². The Kier molecular flexibility index (Phi) is 3.31. The third-order valence-electron chi connectivity index (χ3n) is 4.85. The van der Waals surface area contributed by atoms with Crippen molar-refractivity contribution in [2.45, 2.75) is 37.6 Å². The summed E-state index contributed by atoms with van der Waals surface area (Å²) < 4.78 is 0. The van der Waals surface area contributed by atoms with E-state index in [1.54, 1.807) is 0 Å². The van der Waals surface area contributed by atoms with Crippen LogP contribution in [0.3, 0.4) is 0 Å². The summed E-state index contributed by atoms with van der Waals surface area (Å²) in [5, 5.41) is 3.43. The summed E-state index contributed by atoms with van der Waals surface area (Å²) in [6.07, 6.45) is 2.83. The summed E-state index contributed by atoms with van der Waals surface area (Å²) >= 11 is 0. The Balaban J connectivity index is 2.00. The molecule has 102 valence electrons. The molecule has 19 heavy (non-hydrogen) atoms. The second kappa shape index (κ2) is 4.97. The molecule has 3 nitrogen and oxygen atoms in total. The molecular formula is C16H22N2O. The summed E-state index contributed by atoms with van der Waals surface area (Å²) in [5.41, 5.74) is 1.38. The fourth-order valence-corrected chi connectivity index (χ4v) is 3.99. The van der Waals surface area contributed by atoms with Crippen LogP contribution in [0.15, 0.2) is 30.3 Å². The van der Waals surface area contributed by atoms with E-state index in [0.29, 0.717) is 18.2 Å². The summed E-state index contributed by atoms with van der Waals surface area (Å²) in [6, 6.07) is 10.6. The van der Waals surface area contributed by atoms with Gasteiger partial charge in [-0.05, 0) is 38.4 Å². The van der Waals surface area contributed by atoms with Crippen LogP contribution < -0.4 is 5.32 Å². The molecule has 2 aliphatic heterocycles. The average Bonchev–Trinajstić information content (AvgIpc) is 2.72. The maximum absolute atomic E-state index is 12.4. The lowest BCUT2D eigenvalue weighted by molar-refractivity contribution is -0.131. The molecule has 3 heteroatoms. The van der Waals surface area contributed by atoms with E-state index in [9.17, 15) is 4.79 Å². The standard InChI is InChI=1S/C16H22N2O/c1-2-18-15(19)12-14(13-6-4-3-5-7-13)16(18)8-10-17-11-9-16/h3-7,14,17H,2,8-12H2,1H3/t14-/m1/s1. The van der Waals surface area contributed by atoms with Gasteiger partial charge in [0.15, 0.2) is 0 Å². The topological polar surface area (TPSA) is 32.3 Å². The van der Waals surface area contributed by atoms with Crippen LogP contribution in [0.4, 0.5) is 0 Å². The van der Waals surface area contributed by atoms with Crippen molar-refractivity contribution in [3.05, 3.63) is 35.9 Å². The molecule has 0 radical (unpaired) electrons. The predicted octanol–water partition coefficient (Wildman–Crippen LogP) is 2.14. The Morgan fingerprint density at radius 2 is 1.95 bits per heavy atom. The van der Waals surface area contributed by atoms with Crippen LogP contribution >= 0.6 is 0 Å². The van der Waals surface area contributed by atoms with Crippen molar-refractivity contribution in [3.8, 4) is 0 Å². The second-order valence-electron chi connectivity index (χ2n) is 5.66. The fraction of sp³-hybridized carbons (Fsp3) is 0.562. The van der Waals surface area contributed by atoms with Gasteiger partial charge < -0.3 is 10.2 Å². The summed E-state index contributed by atoms with van der Waals surface area (Å²) in [4.78, 5) is 14.5. The van der Waals surface area contributed by atoms with Gasteiger partial charge in [0.05, 0.1) is 5.54 Å². The van der Waals surface area contributed by atoms with E-state index in [2.05, 4.69) is 41.4 Å². The minimum Gasteiger partial charge on any atom is -0.337 e. The van der Waals surface area contributed by atoms with Crippen LogP contribution in [-0.2, 0) is 4.79 Å². The quantitative estimate of drug-likeness (QED) is 0.881. The average molecular weight is 258 g/mol. The zero-order valence-corrected chi connectivity index (χ0v) is 11.6. The minimum absolute atomic E-state index is 0.0540. The molecule has 1 N–H and O–H groups in total. The number of amides is 1. The Hall–Kier alpha value is -1.35. The lowest BCUT2D eigenvalue weighted by atomic mass is 9.74. The number of hydrogen-bond acceptors (Lipinski definition) is 2. The van der Waals surface area contributed by atoms with Gasteiger partial charge in [-0.1, -0.05) is 30.3 Å². The van der Waals surface area contributed by atoms with Crippen LogP contribution in [0.25, 0.3) is 0 Å². The molecule has 0 unspecified atom stereocenters. The summed E-state index contributed by atoms with van der Waals surface area (Å²) in [6.45, 7) is 4.98. The number of carbonyl (C=O) groups is 1. The molecule has 1 aromatic carbocycles. The fourth-order valence-electron chi connectivity index (χ4n) is 3.99. The van der Waals surface area contributed by atoms with Gasteiger partial charge in [0.25, 0.3) is 0 Å². The smallest absolute Gasteiger partial charge is 0.223 e. The first-order valence-corrected chi connectivity index (χ1v) is 7.34. The van der Waals surface area contributed by atoms with Gasteiger partial charge in [0.1, 0.15) is 0 Å². The van der Waals surface area contributed by atoms with Gasteiger partial charge in [-0.3, -0.25) is 4.79 Å². The number of likely N-dealkylation sites (N-methyl/N-ethyl adjacent to an activating group) is 1. The highest BCUT2D eigenvalue weighted by Crippen LogP contribution is 2.47. The number of hydrogen-bond donors (Lipinski definition) is 1. The van der Waals surface area contributed by atoms with Crippen molar-refractivity contribution in [2.24, 2.45) is 0 Å². The normalized spacial score (nSPS) is 26.1. The Morgan fingerprint density at radius 3 is 2.58 bits per heavy atom. The number of benzene rings is 1. The molecule has 0 bridgehead atoms. The van der Waals surface area contributed by atoms with Crippen molar-refractivity contribution in [2.75, 3.05) is 19.6 Å². The van der Waals surface area contributed by atoms with Gasteiger partial charge in [0, 0.05) is 18.9 Å². The van der Waals surface area contributed by atoms with E-state index < -0.39 is 0 Å². The second-order valence-corrected chi connectivity index (χ2v) is 5.66. The zero-order chi connectivity index (χ0) is 13.3. The number of nitrogens with zero attached hydrogens (tertiary/aromatic N) is 1. The van der Waals surface area contributed by atoms with Gasteiger partial charge in [-0.15, -0.1) is 0 Å². The monoisotopic (exact) mass is 258 g/mol. The molecule has 1 atom stereocenters. The maximum Gasteiger partial charge on any atom is 0.223 e. The molecule has 3 rings (SSSR count). The predicted molar refractivity (Wildman–Crippen MR) is 76.0 cm³/mol. The third-order valence-corrected chi connectivity index (χ3v) is 4.85. The van der Waals surface area contributed by atoms with E-state index in [1.165, 1.54) is 5.56 Å². The van der Waals surface area contributed by atoms with E-state index in [-0.39, 0.29) is 5.54 Å². The SMILES string of the molecule is CCN1C(=O)C[C@H](c2ccccc2)C12CCNCC2. The molecular weight excluding hydrogens is 236 g/mol. The highest BCUT2D eigenvalue weighted by Gasteiger charge is 2.52. The number of carbonyl (C=O) groups excluding carboxylic acids is 1. The van der Waals surface area contributed by atoms with Gasteiger partial charge in [-0.2, -0.15) is 0 Å². The van der Waals surface area contributed by atoms with Gasteiger partial charge in [0.2, 0.25) is 5.91 Å². The van der Waals surface area contributed by atoms with Crippen molar-refractivity contribution in [3.63, 3.8) is 0 Å². The van der Waals surface area contributed by atoms with E-state index in [1.807, 2.05) is 6.07 Å². The highest BCUT2D eigenvalue weighted by atomic mass is 16.2. The van der Waals surface area contributed by atoms with Crippen molar-refractivity contribution < 1.29 is 4.79 Å². The Labute approximate surface area is 115 Å². The Bertz CT molecular complexity index is 451. The molecule has 2 saturated heterocycles. The van der Waals surface area contributed by atoms with Crippen LogP contribution in [0.1, 0.15) is 37.7 Å². The lowest BCUT2D eigenvalue weighted by Gasteiger charge is -2.45. The highest BCUT2D eigenvalue weighted by molar-refractivity contribution is 5.81. The molecule has 2 fully saturated rings. The van der Waals surface area contributed by atoms with Crippen LogP contribution in [0.5, 0.6) is 0 Å². The molecule has 2 heterocycles. The summed E-state index contributed by atoms with van der Waals surface area (Å²) in [5.74, 6) is 0.696. The van der Waals surface area contributed by atoms with E-state index in [0.717, 1.165) is 32.5 Å². The van der Waals surface area contributed by atoms with E-state index >= 15 is 0 Å². The molecule has 2 aliphatic rings. The van der Waals surface area contributed by atoms with Crippen molar-refractivity contribution >= 4 is 5.91 Å². The number of piperidine rings is 1. The zero-order valence-electron chi connectivity index (χ0n) is 11.6. The number of likely N-dealkylation sites (tertiary alicyclic amines) is 1. The van der Waals surface area contributed by atoms with Gasteiger partial charge >= 0.3 is 0 Å². The Morgan fingerprint density at radius 1 is 1.26 bits per heavy atom. The van der Waals surface area contributed by atoms with Crippen LogP contribution in [-0.4, -0.2) is 36.0 Å². The molecule has 0 aliphatic carbocycles. The van der Waals surface area contributed by atoms with Crippen molar-refractivity contribution in [1.29, 1.82) is 0 Å². The minimum atomic E-state index is 0.0540. The molecule has 1 amide bonds. The number of rotatable bonds is 2. The molecule has 1 spiro atoms. The third kappa shape index (κ3) is 1.96. The molecule has 0 aromatic heterocycles. The number of nitrogens with one attached hydrogen (secondary N) is 1. The largest absolute Gasteiger partial charge is 0.337 e. The van der Waals surface area contributed by atoms with Gasteiger partial charge in [-0.25, -0.2) is 0 Å². The first-order chi connectivity index (χ1) is 9.28. The maximum atomic E-state index is 12.4. The summed E-state index contributed by atoms with van der Waals surface area (Å²) in [7, 11) is 0. The first-order valence-electron chi connectivity index (χ1n) is 7.34. The van der Waals surface area contributed by atoms with Crippen LogP contribution in [0, 0.1) is 0 Å². The molecule has 1 aromatic rings. The van der Waals surface area contributed by atoms with E-state index in [4.69, 9.17) is 0 Å². The molecule has 0 saturated carbocycles. The first kappa shape index (κ1) is 12.7. The van der Waals surface area contributed by atoms with Crippen molar-refractivity contribution in [1.82, 2.24) is 10.2 Å². The lowest BCUT2D eigenvalue weighted by Crippen LogP contribution is -2.54.